The Morgan fingerprint density at radius 2 is 1.78 bits per heavy atom. The number of pyridine rings is 1. The van der Waals surface area contributed by atoms with Gasteiger partial charge in [0, 0.05) is 13.1 Å². The number of hydrogen-bond donors (Lipinski definition) is 1. The van der Waals surface area contributed by atoms with Crippen LogP contribution in [0, 0.1) is 5.92 Å². The molecule has 1 aromatic rings. The van der Waals surface area contributed by atoms with Gasteiger partial charge < -0.3 is 10.0 Å². The zero-order valence-corrected chi connectivity index (χ0v) is 11.0. The van der Waals surface area contributed by atoms with Crippen LogP contribution in [0.5, 0.6) is 0 Å². The minimum atomic E-state index is -1.13. The zero-order chi connectivity index (χ0) is 13.9. The fraction of sp³-hybridized carbons (Fsp3) is 0.462. The number of aromatic nitrogens is 1. The van der Waals surface area contributed by atoms with E-state index in [-0.39, 0.29) is 23.3 Å². The van der Waals surface area contributed by atoms with Gasteiger partial charge in [-0.2, -0.15) is 0 Å². The van der Waals surface area contributed by atoms with E-state index in [0.717, 1.165) is 0 Å². The van der Waals surface area contributed by atoms with Gasteiger partial charge in [-0.1, -0.05) is 19.9 Å². The number of carbonyl (C=O) groups is 2. The van der Waals surface area contributed by atoms with Gasteiger partial charge in [-0.25, -0.2) is 9.78 Å². The number of amides is 1. The second-order valence-electron chi connectivity index (χ2n) is 4.61. The Kier molecular flexibility index (Phi) is 4.42. The molecule has 0 fully saturated rings. The topological polar surface area (TPSA) is 70.5 Å². The summed E-state index contributed by atoms with van der Waals surface area (Å²) in [6.45, 7) is 5.99. The van der Waals surface area contributed by atoms with Gasteiger partial charge in [-0.3, -0.25) is 4.79 Å². The average molecular weight is 250 g/mol. The van der Waals surface area contributed by atoms with Crippen molar-refractivity contribution in [2.45, 2.75) is 26.8 Å². The molecule has 0 radical (unpaired) electrons. The Labute approximate surface area is 106 Å². The van der Waals surface area contributed by atoms with E-state index in [1.54, 1.807) is 11.9 Å². The summed E-state index contributed by atoms with van der Waals surface area (Å²) < 4.78 is 0. The maximum atomic E-state index is 12.1. The number of carboxylic acid groups (broad SMARTS) is 1. The highest BCUT2D eigenvalue weighted by Gasteiger charge is 2.21. The summed E-state index contributed by atoms with van der Waals surface area (Å²) in [5.41, 5.74) is 0.0383. The van der Waals surface area contributed by atoms with Crippen molar-refractivity contribution in [3.05, 3.63) is 29.6 Å². The van der Waals surface area contributed by atoms with Gasteiger partial charge >= 0.3 is 5.97 Å². The normalized spacial score (nSPS) is 12.3. The molecular weight excluding hydrogens is 232 g/mol. The highest BCUT2D eigenvalue weighted by Crippen LogP contribution is 2.11. The van der Waals surface area contributed by atoms with Crippen LogP contribution >= 0.6 is 0 Å². The minimum Gasteiger partial charge on any atom is -0.477 e. The smallest absolute Gasteiger partial charge is 0.354 e. The van der Waals surface area contributed by atoms with Crippen molar-refractivity contribution in [2.24, 2.45) is 5.92 Å². The maximum Gasteiger partial charge on any atom is 0.354 e. The van der Waals surface area contributed by atoms with Crippen LogP contribution < -0.4 is 0 Å². The number of carbonyl (C=O) groups excluding carboxylic acids is 1. The van der Waals surface area contributed by atoms with Gasteiger partial charge in [0.15, 0.2) is 0 Å². The van der Waals surface area contributed by atoms with Crippen molar-refractivity contribution in [2.75, 3.05) is 7.05 Å². The highest BCUT2D eigenvalue weighted by atomic mass is 16.4. The molecule has 1 atom stereocenters. The average Bonchev–Trinajstić information content (AvgIpc) is 2.36. The van der Waals surface area contributed by atoms with E-state index in [1.807, 2.05) is 20.8 Å². The fourth-order valence-corrected chi connectivity index (χ4v) is 1.49. The van der Waals surface area contributed by atoms with Gasteiger partial charge in [0.05, 0.1) is 0 Å². The van der Waals surface area contributed by atoms with Crippen LogP contribution in [0.1, 0.15) is 41.7 Å². The van der Waals surface area contributed by atoms with Gasteiger partial charge in [-0.05, 0) is 25.0 Å². The monoisotopic (exact) mass is 250 g/mol. The minimum absolute atomic E-state index is 0.0628. The largest absolute Gasteiger partial charge is 0.477 e. The summed E-state index contributed by atoms with van der Waals surface area (Å²) in [6.07, 6.45) is 0. The van der Waals surface area contributed by atoms with Gasteiger partial charge in [0.2, 0.25) is 0 Å². The molecule has 0 saturated heterocycles. The van der Waals surface area contributed by atoms with E-state index < -0.39 is 5.97 Å². The molecular formula is C13H18N2O3. The molecule has 18 heavy (non-hydrogen) atoms. The number of nitrogens with zero attached hydrogens (tertiary/aromatic N) is 2. The van der Waals surface area contributed by atoms with E-state index >= 15 is 0 Å². The van der Waals surface area contributed by atoms with E-state index in [4.69, 9.17) is 5.11 Å². The van der Waals surface area contributed by atoms with Crippen LogP contribution in [-0.4, -0.2) is 40.0 Å². The van der Waals surface area contributed by atoms with Crippen molar-refractivity contribution in [3.8, 4) is 0 Å². The van der Waals surface area contributed by atoms with Crippen molar-refractivity contribution in [1.82, 2.24) is 9.88 Å². The molecule has 0 aromatic carbocycles. The number of carboxylic acids is 1. The van der Waals surface area contributed by atoms with Crippen LogP contribution in [0.15, 0.2) is 18.2 Å². The van der Waals surface area contributed by atoms with Crippen molar-refractivity contribution >= 4 is 11.9 Å². The Bertz CT molecular complexity index is 457. The Hall–Kier alpha value is -1.91. The molecule has 5 heteroatoms. The first-order valence-electron chi connectivity index (χ1n) is 5.82. The summed E-state index contributed by atoms with van der Waals surface area (Å²) in [5.74, 6) is -1.08. The van der Waals surface area contributed by atoms with Crippen LogP contribution in [0.3, 0.4) is 0 Å². The van der Waals surface area contributed by atoms with Gasteiger partial charge in [0.25, 0.3) is 5.91 Å². The third-order valence-corrected chi connectivity index (χ3v) is 3.08. The first-order chi connectivity index (χ1) is 8.34. The van der Waals surface area contributed by atoms with Crippen molar-refractivity contribution in [1.29, 1.82) is 0 Å². The maximum absolute atomic E-state index is 12.1. The van der Waals surface area contributed by atoms with Crippen LogP contribution in [-0.2, 0) is 0 Å². The molecule has 1 N–H and O–H groups in total. The third-order valence-electron chi connectivity index (χ3n) is 3.08. The highest BCUT2D eigenvalue weighted by molar-refractivity contribution is 5.94. The van der Waals surface area contributed by atoms with Crippen LogP contribution in [0.25, 0.3) is 0 Å². The standard InChI is InChI=1S/C13H18N2O3/c1-8(2)9(3)15(4)12(16)10-6-5-7-11(14-10)13(17)18/h5-9H,1-4H3,(H,17,18). The lowest BCUT2D eigenvalue weighted by Gasteiger charge is -2.27. The molecule has 1 rings (SSSR count). The quantitative estimate of drug-likeness (QED) is 0.886. The number of rotatable bonds is 4. The van der Waals surface area contributed by atoms with E-state index in [9.17, 15) is 9.59 Å². The lowest BCUT2D eigenvalue weighted by molar-refractivity contribution is 0.0687. The second kappa shape index (κ2) is 5.62. The first kappa shape index (κ1) is 14.2. The lowest BCUT2D eigenvalue weighted by Crippen LogP contribution is -2.38. The zero-order valence-electron chi connectivity index (χ0n) is 11.0. The van der Waals surface area contributed by atoms with E-state index in [1.165, 1.54) is 18.2 Å². The summed E-state index contributed by atoms with van der Waals surface area (Å²) >= 11 is 0. The summed E-state index contributed by atoms with van der Waals surface area (Å²) in [7, 11) is 1.70. The molecule has 0 aliphatic rings. The Balaban J connectivity index is 2.97. The molecule has 0 aliphatic heterocycles. The SMILES string of the molecule is CC(C)C(C)N(C)C(=O)c1cccc(C(=O)O)n1. The molecule has 1 amide bonds. The van der Waals surface area contributed by atoms with Gasteiger partial charge in [0.1, 0.15) is 11.4 Å². The molecule has 1 aromatic heterocycles. The Morgan fingerprint density at radius 1 is 1.22 bits per heavy atom. The van der Waals surface area contributed by atoms with Crippen LogP contribution in [0.4, 0.5) is 0 Å². The van der Waals surface area contributed by atoms with Crippen LogP contribution in [0.2, 0.25) is 0 Å². The predicted molar refractivity (Wildman–Crippen MR) is 67.6 cm³/mol. The summed E-state index contributed by atoms with van der Waals surface area (Å²) in [6, 6.07) is 4.48. The number of hydrogen-bond acceptors (Lipinski definition) is 3. The van der Waals surface area contributed by atoms with Crippen molar-refractivity contribution < 1.29 is 14.7 Å². The second-order valence-corrected chi connectivity index (χ2v) is 4.61. The molecule has 1 unspecified atom stereocenters. The molecule has 0 spiro atoms. The summed E-state index contributed by atoms with van der Waals surface area (Å²) in [5, 5.41) is 8.84. The first-order valence-corrected chi connectivity index (χ1v) is 5.82. The third kappa shape index (κ3) is 3.06. The lowest BCUT2D eigenvalue weighted by atomic mass is 10.0. The Morgan fingerprint density at radius 3 is 2.28 bits per heavy atom. The predicted octanol–water partition coefficient (Wildman–Crippen LogP) is 1.90. The molecule has 0 bridgehead atoms. The molecule has 5 nitrogen and oxygen atoms in total. The van der Waals surface area contributed by atoms with E-state index in [0.29, 0.717) is 5.92 Å². The fourth-order valence-electron chi connectivity index (χ4n) is 1.49. The number of aromatic carboxylic acids is 1. The van der Waals surface area contributed by atoms with Gasteiger partial charge in [-0.15, -0.1) is 0 Å². The molecule has 0 aliphatic carbocycles. The molecule has 98 valence electrons. The molecule has 0 saturated carbocycles. The summed E-state index contributed by atoms with van der Waals surface area (Å²) in [4.78, 5) is 28.4. The van der Waals surface area contributed by atoms with E-state index in [2.05, 4.69) is 4.98 Å². The molecule has 1 heterocycles. The van der Waals surface area contributed by atoms with Crippen molar-refractivity contribution in [3.63, 3.8) is 0 Å².